The SMILES string of the molecule is CC(C)(C)c1cc[c-]c(-c2cc(-c3ccccc3)ccn2)c1.[2H]c1cnc(-c2[c-]cc3c4ccccc4c4ccccc4c3c2)cc1[2H].[Ir]. The number of hydrogen-bond acceptors (Lipinski definition) is 2. The number of fused-ring (bicyclic) bond motifs is 6. The molecule has 0 bridgehead atoms. The summed E-state index contributed by atoms with van der Waals surface area (Å²) in [5, 5.41) is 7.17. The summed E-state index contributed by atoms with van der Waals surface area (Å²) >= 11 is 0. The van der Waals surface area contributed by atoms with Gasteiger partial charge in [0.1, 0.15) is 0 Å². The van der Waals surface area contributed by atoms with E-state index in [4.69, 9.17) is 2.74 Å². The fourth-order valence-electron chi connectivity index (χ4n) is 5.89. The molecule has 0 N–H and O–H groups in total. The molecule has 0 atom stereocenters. The molecule has 0 aliphatic rings. The summed E-state index contributed by atoms with van der Waals surface area (Å²) < 4.78 is 15.5. The standard InChI is InChI=1S/C23H14N.C21H20N.Ir/c1-2-9-19-17(7-1)18-8-3-4-10-20(18)22-15-16(12-13-21(19)22)23-11-5-6-14-24-23;1-21(2,3)19-11-7-10-18(14-19)20-15-17(12-13-22-20)16-8-5-4-6-9-16;/h1-11,13-15H;4-9,11-15H,1-3H3;/q2*-1;/i5D,6D;;. The maximum absolute atomic E-state index is 7.87. The van der Waals surface area contributed by atoms with Crippen molar-refractivity contribution < 1.29 is 22.8 Å². The molecule has 2 aromatic heterocycles. The Balaban J connectivity index is 0.000000169. The van der Waals surface area contributed by atoms with Gasteiger partial charge in [-0.3, -0.25) is 0 Å². The van der Waals surface area contributed by atoms with E-state index in [-0.39, 0.29) is 37.6 Å². The summed E-state index contributed by atoms with van der Waals surface area (Å²) in [6.45, 7) is 6.67. The van der Waals surface area contributed by atoms with Crippen molar-refractivity contribution in [2.75, 3.05) is 0 Å². The monoisotopic (exact) mass is 785 g/mol. The summed E-state index contributed by atoms with van der Waals surface area (Å²) in [4.78, 5) is 8.85. The third-order valence-electron chi connectivity index (χ3n) is 8.32. The molecule has 0 fully saturated rings. The van der Waals surface area contributed by atoms with Gasteiger partial charge in [0.15, 0.2) is 0 Å². The molecule has 0 saturated carbocycles. The minimum absolute atomic E-state index is 0. The van der Waals surface area contributed by atoms with Crippen molar-refractivity contribution in [1.29, 1.82) is 0 Å². The fourth-order valence-corrected chi connectivity index (χ4v) is 5.89. The van der Waals surface area contributed by atoms with Crippen LogP contribution in [-0.4, -0.2) is 9.97 Å². The maximum atomic E-state index is 7.87. The first kappa shape index (κ1) is 29.5. The van der Waals surface area contributed by atoms with E-state index in [1.54, 1.807) is 6.07 Å². The van der Waals surface area contributed by atoms with Crippen molar-refractivity contribution in [3.63, 3.8) is 0 Å². The minimum atomic E-state index is 0. The molecule has 2 heterocycles. The van der Waals surface area contributed by atoms with Crippen molar-refractivity contribution in [3.8, 4) is 33.6 Å². The molecule has 2 nitrogen and oxygen atoms in total. The Hall–Kier alpha value is -4.95. The zero-order valence-corrected chi connectivity index (χ0v) is 28.9. The number of pyridine rings is 2. The smallest absolute Gasteiger partial charge is 0.0638 e. The fraction of sp³-hybridized carbons (Fsp3) is 0.0909. The van der Waals surface area contributed by atoms with E-state index in [9.17, 15) is 0 Å². The van der Waals surface area contributed by atoms with Gasteiger partial charge >= 0.3 is 0 Å². The Bertz CT molecular complexity index is 2380. The van der Waals surface area contributed by atoms with E-state index >= 15 is 0 Å². The molecule has 1 radical (unpaired) electrons. The molecular weight excluding hydrogens is 749 g/mol. The molecule has 0 saturated heterocycles. The first-order chi connectivity index (χ1) is 23.3. The van der Waals surface area contributed by atoms with E-state index in [1.807, 2.05) is 30.5 Å². The average molecular weight is 785 g/mol. The summed E-state index contributed by atoms with van der Waals surface area (Å²) in [5.74, 6) is 0. The Kier molecular flexibility index (Phi) is 8.65. The van der Waals surface area contributed by atoms with E-state index in [0.29, 0.717) is 5.69 Å². The zero-order chi connectivity index (χ0) is 33.3. The van der Waals surface area contributed by atoms with E-state index in [0.717, 1.165) is 27.6 Å². The molecule has 0 amide bonds. The van der Waals surface area contributed by atoms with Crippen molar-refractivity contribution in [3.05, 3.63) is 170 Å². The van der Waals surface area contributed by atoms with Crippen molar-refractivity contribution in [1.82, 2.24) is 9.97 Å². The first-order valence-electron chi connectivity index (χ1n) is 16.5. The van der Waals surface area contributed by atoms with Crippen LogP contribution in [0.25, 0.3) is 66.0 Å². The maximum Gasteiger partial charge on any atom is 0.0638 e. The predicted octanol–water partition coefficient (Wildman–Crippen LogP) is 11.5. The van der Waals surface area contributed by atoms with Gasteiger partial charge in [0.05, 0.1) is 2.74 Å². The van der Waals surface area contributed by atoms with Crippen LogP contribution in [0.1, 0.15) is 29.1 Å². The van der Waals surface area contributed by atoms with Gasteiger partial charge in [-0.2, -0.15) is 0 Å². The second-order valence-corrected chi connectivity index (χ2v) is 12.4. The van der Waals surface area contributed by atoms with Gasteiger partial charge in [-0.1, -0.05) is 134 Å². The largest absolute Gasteiger partial charge is 0.305 e. The molecule has 231 valence electrons. The first-order valence-corrected chi connectivity index (χ1v) is 15.5. The van der Waals surface area contributed by atoms with Gasteiger partial charge in [0.2, 0.25) is 0 Å². The normalized spacial score (nSPS) is 11.7. The Morgan fingerprint density at radius 1 is 0.532 bits per heavy atom. The zero-order valence-electron chi connectivity index (χ0n) is 28.5. The predicted molar refractivity (Wildman–Crippen MR) is 194 cm³/mol. The Morgan fingerprint density at radius 2 is 1.15 bits per heavy atom. The number of benzene rings is 6. The summed E-state index contributed by atoms with van der Waals surface area (Å²) in [5.41, 5.74) is 7.33. The Labute approximate surface area is 293 Å². The van der Waals surface area contributed by atoms with E-state index in [1.165, 1.54) is 44.4 Å². The number of rotatable bonds is 3. The quantitative estimate of drug-likeness (QED) is 0.132. The summed E-state index contributed by atoms with van der Waals surface area (Å²) in [6, 6.07) is 50.4. The second kappa shape index (κ2) is 13.8. The minimum Gasteiger partial charge on any atom is -0.305 e. The van der Waals surface area contributed by atoms with Crippen LogP contribution in [0.2, 0.25) is 0 Å². The van der Waals surface area contributed by atoms with Crippen LogP contribution in [0.5, 0.6) is 0 Å². The molecule has 3 heteroatoms. The van der Waals surface area contributed by atoms with Crippen LogP contribution >= 0.6 is 0 Å². The Morgan fingerprint density at radius 3 is 1.83 bits per heavy atom. The molecule has 8 rings (SSSR count). The molecule has 0 aliphatic heterocycles. The van der Waals surface area contributed by atoms with Gasteiger partial charge in [0.25, 0.3) is 0 Å². The molecule has 47 heavy (non-hydrogen) atoms. The van der Waals surface area contributed by atoms with Gasteiger partial charge in [-0.15, -0.1) is 59.2 Å². The molecule has 0 aliphatic carbocycles. The summed E-state index contributed by atoms with van der Waals surface area (Å²) in [7, 11) is 0. The van der Waals surface area contributed by atoms with Crippen molar-refractivity contribution in [2.24, 2.45) is 0 Å². The van der Waals surface area contributed by atoms with E-state index < -0.39 is 0 Å². The molecule has 0 spiro atoms. The number of nitrogens with zero attached hydrogens (tertiary/aromatic N) is 2. The van der Waals surface area contributed by atoms with Gasteiger partial charge in [0, 0.05) is 32.5 Å². The van der Waals surface area contributed by atoms with Crippen LogP contribution < -0.4 is 0 Å². The van der Waals surface area contributed by atoms with Crippen molar-refractivity contribution in [2.45, 2.75) is 26.2 Å². The van der Waals surface area contributed by atoms with Crippen LogP contribution in [0.4, 0.5) is 0 Å². The van der Waals surface area contributed by atoms with Gasteiger partial charge in [-0.05, 0) is 56.2 Å². The number of aromatic nitrogens is 2. The third-order valence-corrected chi connectivity index (χ3v) is 8.32. The average Bonchev–Trinajstić information content (AvgIpc) is 3.13. The van der Waals surface area contributed by atoms with Crippen LogP contribution in [0.3, 0.4) is 0 Å². The van der Waals surface area contributed by atoms with Crippen LogP contribution in [0, 0.1) is 12.1 Å². The second-order valence-electron chi connectivity index (χ2n) is 12.4. The molecular formula is C44H34IrN2-2. The van der Waals surface area contributed by atoms with E-state index in [2.05, 4.69) is 140 Å². The van der Waals surface area contributed by atoms with Crippen molar-refractivity contribution >= 4 is 32.3 Å². The summed E-state index contributed by atoms with van der Waals surface area (Å²) in [6.07, 6.45) is 3.30. The van der Waals surface area contributed by atoms with Crippen LogP contribution in [-0.2, 0) is 25.5 Å². The van der Waals surface area contributed by atoms with Crippen LogP contribution in [0.15, 0.2) is 152 Å². The molecule has 8 aromatic rings. The molecule has 6 aromatic carbocycles. The van der Waals surface area contributed by atoms with Gasteiger partial charge < -0.3 is 9.97 Å². The third kappa shape index (κ3) is 6.78. The number of hydrogen-bond donors (Lipinski definition) is 0. The van der Waals surface area contributed by atoms with Gasteiger partial charge in [-0.25, -0.2) is 0 Å². The topological polar surface area (TPSA) is 25.8 Å². The molecule has 0 unspecified atom stereocenters.